The summed E-state index contributed by atoms with van der Waals surface area (Å²) < 4.78 is 18.5. The molecule has 0 aliphatic heterocycles. The second-order valence-corrected chi connectivity index (χ2v) is 6.28. The largest absolute Gasteiger partial charge is 0.451 e. The third-order valence-electron chi connectivity index (χ3n) is 3.78. The van der Waals surface area contributed by atoms with Crippen molar-refractivity contribution in [1.82, 2.24) is 20.3 Å². The average molecular weight is 403 g/mol. The van der Waals surface area contributed by atoms with Crippen LogP contribution in [0.15, 0.2) is 48.5 Å². The number of nitrogens with one attached hydrogen (secondary N) is 1. The van der Waals surface area contributed by atoms with Gasteiger partial charge in [0.25, 0.3) is 5.91 Å². The fraction of sp³-hybridized carbons (Fsp3) is 0.158. The highest BCUT2D eigenvalue weighted by Crippen LogP contribution is 2.15. The van der Waals surface area contributed by atoms with Crippen molar-refractivity contribution in [2.45, 2.75) is 13.5 Å². The minimum atomic E-state index is -0.785. The van der Waals surface area contributed by atoms with E-state index in [1.807, 2.05) is 0 Å². The number of benzene rings is 2. The number of ether oxygens (including phenoxy) is 1. The minimum Gasteiger partial charge on any atom is -0.451 e. The first-order valence-electron chi connectivity index (χ1n) is 8.31. The van der Waals surface area contributed by atoms with Gasteiger partial charge in [-0.25, -0.2) is 9.18 Å². The normalized spacial score (nSPS) is 10.5. The molecule has 3 rings (SSSR count). The van der Waals surface area contributed by atoms with Gasteiger partial charge in [-0.2, -0.15) is 9.90 Å². The number of aromatic nitrogens is 3. The van der Waals surface area contributed by atoms with Crippen LogP contribution in [0.1, 0.15) is 21.7 Å². The monoisotopic (exact) mass is 402 g/mol. The van der Waals surface area contributed by atoms with Crippen molar-refractivity contribution in [2.24, 2.45) is 0 Å². The molecule has 1 N–H and O–H groups in total. The highest BCUT2D eigenvalue weighted by Gasteiger charge is 2.19. The molecule has 3 aromatic rings. The first-order valence-corrected chi connectivity index (χ1v) is 8.69. The van der Waals surface area contributed by atoms with Gasteiger partial charge in [0, 0.05) is 17.1 Å². The van der Waals surface area contributed by atoms with Gasteiger partial charge in [0.05, 0.1) is 11.4 Å². The summed E-state index contributed by atoms with van der Waals surface area (Å²) in [5.41, 5.74) is 1.25. The van der Waals surface area contributed by atoms with E-state index < -0.39 is 24.3 Å². The minimum absolute atomic E-state index is 0.00691. The molecular weight excluding hydrogens is 387 g/mol. The zero-order valence-electron chi connectivity index (χ0n) is 14.9. The van der Waals surface area contributed by atoms with Crippen LogP contribution in [-0.4, -0.2) is 33.5 Å². The lowest BCUT2D eigenvalue weighted by Crippen LogP contribution is -2.28. The Morgan fingerprint density at radius 2 is 1.96 bits per heavy atom. The van der Waals surface area contributed by atoms with Crippen molar-refractivity contribution in [2.75, 3.05) is 6.61 Å². The number of hydrogen-bond acceptors (Lipinski definition) is 5. The van der Waals surface area contributed by atoms with Gasteiger partial charge in [0.2, 0.25) is 0 Å². The van der Waals surface area contributed by atoms with E-state index in [9.17, 15) is 14.0 Å². The first kappa shape index (κ1) is 19.5. The van der Waals surface area contributed by atoms with Gasteiger partial charge in [-0.15, -0.1) is 5.10 Å². The van der Waals surface area contributed by atoms with E-state index in [0.29, 0.717) is 22.0 Å². The summed E-state index contributed by atoms with van der Waals surface area (Å²) in [5, 5.41) is 11.2. The fourth-order valence-corrected chi connectivity index (χ4v) is 2.55. The van der Waals surface area contributed by atoms with E-state index in [0.717, 1.165) is 0 Å². The summed E-state index contributed by atoms with van der Waals surface area (Å²) in [6.07, 6.45) is 0. The predicted octanol–water partition coefficient (Wildman–Crippen LogP) is 2.84. The molecule has 0 aliphatic carbocycles. The number of nitrogens with zero attached hydrogens (tertiary/aromatic N) is 3. The Balaban J connectivity index is 1.57. The molecule has 7 nitrogen and oxygen atoms in total. The third kappa shape index (κ3) is 4.72. The molecule has 2 aromatic carbocycles. The van der Waals surface area contributed by atoms with E-state index >= 15 is 0 Å². The number of amides is 1. The Morgan fingerprint density at radius 1 is 1.18 bits per heavy atom. The zero-order valence-corrected chi connectivity index (χ0v) is 15.6. The molecule has 144 valence electrons. The maximum Gasteiger partial charge on any atom is 0.361 e. The highest BCUT2D eigenvalue weighted by atomic mass is 35.5. The molecule has 0 aliphatic rings. The van der Waals surface area contributed by atoms with Crippen LogP contribution in [-0.2, 0) is 16.1 Å². The average Bonchev–Trinajstić information content (AvgIpc) is 3.07. The van der Waals surface area contributed by atoms with Crippen LogP contribution in [0, 0.1) is 12.7 Å². The summed E-state index contributed by atoms with van der Waals surface area (Å²) in [6, 6.07) is 12.9. The Bertz CT molecular complexity index is 1020. The van der Waals surface area contributed by atoms with Gasteiger partial charge in [-0.3, -0.25) is 4.79 Å². The van der Waals surface area contributed by atoms with E-state index in [1.54, 1.807) is 49.4 Å². The number of esters is 1. The molecule has 0 saturated heterocycles. The molecule has 1 aromatic heterocycles. The van der Waals surface area contributed by atoms with Gasteiger partial charge in [-0.1, -0.05) is 35.9 Å². The number of carbonyl (C=O) groups is 2. The molecule has 0 fully saturated rings. The van der Waals surface area contributed by atoms with Gasteiger partial charge >= 0.3 is 5.97 Å². The summed E-state index contributed by atoms with van der Waals surface area (Å²) in [5.74, 6) is -1.77. The van der Waals surface area contributed by atoms with Crippen molar-refractivity contribution < 1.29 is 18.7 Å². The smallest absolute Gasteiger partial charge is 0.361 e. The van der Waals surface area contributed by atoms with E-state index in [-0.39, 0.29) is 12.2 Å². The van der Waals surface area contributed by atoms with Crippen LogP contribution in [0.2, 0.25) is 5.02 Å². The summed E-state index contributed by atoms with van der Waals surface area (Å²) in [6.45, 7) is 1.08. The number of hydrogen-bond donors (Lipinski definition) is 1. The molecule has 1 heterocycles. The number of aryl methyl sites for hydroxylation is 1. The predicted molar refractivity (Wildman–Crippen MR) is 99.6 cm³/mol. The lowest BCUT2D eigenvalue weighted by Gasteiger charge is -2.06. The van der Waals surface area contributed by atoms with Crippen LogP contribution < -0.4 is 5.32 Å². The van der Waals surface area contributed by atoms with Crippen molar-refractivity contribution in [1.29, 1.82) is 0 Å². The molecule has 0 saturated carbocycles. The molecule has 28 heavy (non-hydrogen) atoms. The molecular formula is C19H16ClFN4O3. The Hall–Kier alpha value is -3.26. The molecule has 1 amide bonds. The van der Waals surface area contributed by atoms with Crippen LogP contribution in [0.25, 0.3) is 5.69 Å². The zero-order chi connectivity index (χ0) is 20.1. The second kappa shape index (κ2) is 8.62. The quantitative estimate of drug-likeness (QED) is 0.641. The van der Waals surface area contributed by atoms with Crippen LogP contribution >= 0.6 is 11.6 Å². The van der Waals surface area contributed by atoms with Gasteiger partial charge in [0.1, 0.15) is 5.82 Å². The maximum absolute atomic E-state index is 13.5. The molecule has 0 radical (unpaired) electrons. The molecule has 9 heteroatoms. The first-order chi connectivity index (χ1) is 13.4. The van der Waals surface area contributed by atoms with E-state index in [2.05, 4.69) is 15.5 Å². The Kier molecular flexibility index (Phi) is 6.00. The van der Waals surface area contributed by atoms with Gasteiger partial charge < -0.3 is 10.1 Å². The lowest BCUT2D eigenvalue weighted by atomic mass is 10.2. The second-order valence-electron chi connectivity index (χ2n) is 5.85. The fourth-order valence-electron chi connectivity index (χ4n) is 2.37. The topological polar surface area (TPSA) is 86.1 Å². The summed E-state index contributed by atoms with van der Waals surface area (Å²) in [7, 11) is 0. The van der Waals surface area contributed by atoms with Crippen molar-refractivity contribution >= 4 is 23.5 Å². The summed E-state index contributed by atoms with van der Waals surface area (Å²) >= 11 is 5.94. The van der Waals surface area contributed by atoms with Crippen LogP contribution in [0.5, 0.6) is 0 Å². The SMILES string of the molecule is Cc1nn(-c2cccc(Cl)c2)nc1C(=O)OCC(=O)NCc1ccccc1F. The lowest BCUT2D eigenvalue weighted by molar-refractivity contribution is -0.124. The van der Waals surface area contributed by atoms with E-state index in [1.165, 1.54) is 10.9 Å². The van der Waals surface area contributed by atoms with Crippen LogP contribution in [0.4, 0.5) is 4.39 Å². The number of carbonyl (C=O) groups excluding carboxylic acids is 2. The van der Waals surface area contributed by atoms with Gasteiger partial charge in [-0.05, 0) is 31.2 Å². The third-order valence-corrected chi connectivity index (χ3v) is 4.02. The Labute approximate surface area is 165 Å². The van der Waals surface area contributed by atoms with Crippen molar-refractivity contribution in [3.05, 3.63) is 76.3 Å². The van der Waals surface area contributed by atoms with Gasteiger partial charge in [0.15, 0.2) is 12.3 Å². The molecule has 0 unspecified atom stereocenters. The maximum atomic E-state index is 13.5. The molecule has 0 spiro atoms. The number of halogens is 2. The van der Waals surface area contributed by atoms with Crippen LogP contribution in [0.3, 0.4) is 0 Å². The molecule has 0 atom stereocenters. The molecule has 0 bridgehead atoms. The highest BCUT2D eigenvalue weighted by molar-refractivity contribution is 6.30. The standard InChI is InChI=1S/C19H16ClFN4O3/c1-12-18(24-25(23-12)15-7-4-6-14(20)9-15)19(27)28-11-17(26)22-10-13-5-2-3-8-16(13)21/h2-9H,10-11H2,1H3,(H,22,26). The van der Waals surface area contributed by atoms with E-state index in [4.69, 9.17) is 16.3 Å². The Morgan fingerprint density at radius 3 is 2.71 bits per heavy atom. The number of rotatable bonds is 6. The van der Waals surface area contributed by atoms with Crippen molar-refractivity contribution in [3.8, 4) is 5.69 Å². The van der Waals surface area contributed by atoms with Crippen molar-refractivity contribution in [3.63, 3.8) is 0 Å². The summed E-state index contributed by atoms with van der Waals surface area (Å²) in [4.78, 5) is 25.3.